The second-order valence-electron chi connectivity index (χ2n) is 4.02. The normalized spacial score (nSPS) is 10.0. The maximum Gasteiger partial charge on any atom is 0.241 e. The van der Waals surface area contributed by atoms with Crippen molar-refractivity contribution in [3.05, 3.63) is 11.8 Å². The fourth-order valence-electron chi connectivity index (χ4n) is 1.33. The molecule has 6 nitrogen and oxygen atoms in total. The highest BCUT2D eigenvalue weighted by Gasteiger charge is 2.08. The van der Waals surface area contributed by atoms with Gasteiger partial charge in [-0.15, -0.1) is 0 Å². The zero-order valence-electron chi connectivity index (χ0n) is 11.4. The van der Waals surface area contributed by atoms with E-state index in [2.05, 4.69) is 20.6 Å². The number of rotatable bonds is 6. The van der Waals surface area contributed by atoms with Gasteiger partial charge in [-0.05, 0) is 20.8 Å². The van der Waals surface area contributed by atoms with Gasteiger partial charge in [0.1, 0.15) is 5.82 Å². The predicted molar refractivity (Wildman–Crippen MR) is 72.7 cm³/mol. The lowest BCUT2D eigenvalue weighted by atomic mass is 10.3. The molecule has 0 fully saturated rings. The van der Waals surface area contributed by atoms with Crippen LogP contribution in [0.15, 0.2) is 6.20 Å². The Morgan fingerprint density at radius 2 is 2.11 bits per heavy atom. The average Bonchev–Trinajstić information content (AvgIpc) is 2.38. The van der Waals surface area contributed by atoms with Crippen LogP contribution < -0.4 is 10.6 Å². The Labute approximate surface area is 108 Å². The van der Waals surface area contributed by atoms with Crippen LogP contribution in [0, 0.1) is 6.92 Å². The van der Waals surface area contributed by atoms with Gasteiger partial charge >= 0.3 is 0 Å². The summed E-state index contributed by atoms with van der Waals surface area (Å²) in [6.07, 6.45) is 1.74. The van der Waals surface area contributed by atoms with Gasteiger partial charge in [0.25, 0.3) is 0 Å². The van der Waals surface area contributed by atoms with Crippen molar-refractivity contribution in [2.45, 2.75) is 20.8 Å². The zero-order chi connectivity index (χ0) is 13.5. The zero-order valence-corrected chi connectivity index (χ0v) is 11.4. The molecular weight excluding hydrogens is 230 g/mol. The Bertz CT molecular complexity index is 407. The fourth-order valence-corrected chi connectivity index (χ4v) is 1.33. The molecular formula is C12H21N5O. The van der Waals surface area contributed by atoms with Gasteiger partial charge in [-0.3, -0.25) is 4.79 Å². The van der Waals surface area contributed by atoms with E-state index in [0.29, 0.717) is 18.3 Å². The van der Waals surface area contributed by atoms with E-state index >= 15 is 0 Å². The van der Waals surface area contributed by atoms with E-state index in [9.17, 15) is 4.79 Å². The molecule has 1 heterocycles. The van der Waals surface area contributed by atoms with Crippen LogP contribution in [0.4, 0.5) is 11.8 Å². The van der Waals surface area contributed by atoms with E-state index in [1.54, 1.807) is 18.1 Å². The minimum absolute atomic E-state index is 0.0421. The third-order valence-corrected chi connectivity index (χ3v) is 2.61. The van der Waals surface area contributed by atoms with E-state index < -0.39 is 0 Å². The van der Waals surface area contributed by atoms with E-state index in [1.807, 2.05) is 20.8 Å². The number of hydrogen-bond acceptors (Lipinski definition) is 5. The monoisotopic (exact) mass is 251 g/mol. The number of aromatic nitrogens is 2. The highest BCUT2D eigenvalue weighted by atomic mass is 16.2. The van der Waals surface area contributed by atoms with E-state index in [-0.39, 0.29) is 12.5 Å². The molecule has 0 aliphatic rings. The van der Waals surface area contributed by atoms with Crippen LogP contribution >= 0.6 is 0 Å². The van der Waals surface area contributed by atoms with Gasteiger partial charge < -0.3 is 15.5 Å². The van der Waals surface area contributed by atoms with Gasteiger partial charge in [0, 0.05) is 31.9 Å². The molecule has 0 saturated carbocycles. The first-order valence-corrected chi connectivity index (χ1v) is 6.13. The number of carbonyl (C=O) groups excluding carboxylic acids is 1. The Morgan fingerprint density at radius 1 is 1.39 bits per heavy atom. The summed E-state index contributed by atoms with van der Waals surface area (Å²) < 4.78 is 0. The van der Waals surface area contributed by atoms with Gasteiger partial charge in [-0.1, -0.05) is 0 Å². The Balaban J connectivity index is 2.66. The van der Waals surface area contributed by atoms with Crippen molar-refractivity contribution in [2.24, 2.45) is 0 Å². The number of nitrogens with one attached hydrogen (secondary N) is 2. The Hall–Kier alpha value is -1.85. The highest BCUT2D eigenvalue weighted by Crippen LogP contribution is 2.12. The van der Waals surface area contributed by atoms with Crippen molar-refractivity contribution >= 4 is 17.7 Å². The van der Waals surface area contributed by atoms with Crippen molar-refractivity contribution in [2.75, 3.05) is 37.3 Å². The van der Waals surface area contributed by atoms with Crippen molar-refractivity contribution in [1.29, 1.82) is 0 Å². The summed E-state index contributed by atoms with van der Waals surface area (Å²) in [7, 11) is 1.78. The van der Waals surface area contributed by atoms with E-state index in [0.717, 1.165) is 12.1 Å². The van der Waals surface area contributed by atoms with Gasteiger partial charge in [0.05, 0.1) is 6.54 Å². The summed E-state index contributed by atoms with van der Waals surface area (Å²) in [6.45, 7) is 7.54. The number of aryl methyl sites for hydroxylation is 1. The van der Waals surface area contributed by atoms with Gasteiger partial charge in [0.2, 0.25) is 11.9 Å². The number of amides is 1. The van der Waals surface area contributed by atoms with Crippen molar-refractivity contribution < 1.29 is 4.79 Å². The summed E-state index contributed by atoms with van der Waals surface area (Å²) in [6, 6.07) is 0. The van der Waals surface area contributed by atoms with Crippen molar-refractivity contribution in [1.82, 2.24) is 14.9 Å². The molecule has 0 spiro atoms. The maximum atomic E-state index is 11.7. The first kappa shape index (κ1) is 14.2. The van der Waals surface area contributed by atoms with Crippen LogP contribution in [-0.4, -0.2) is 47.5 Å². The SMILES string of the molecule is CCNc1ncc(C)c(NCC(=O)N(C)CC)n1. The Morgan fingerprint density at radius 3 is 2.72 bits per heavy atom. The summed E-state index contributed by atoms with van der Waals surface area (Å²) in [4.78, 5) is 21.8. The average molecular weight is 251 g/mol. The molecule has 0 aromatic carbocycles. The number of nitrogens with zero attached hydrogens (tertiary/aromatic N) is 3. The fraction of sp³-hybridized carbons (Fsp3) is 0.583. The molecule has 18 heavy (non-hydrogen) atoms. The summed E-state index contributed by atoms with van der Waals surface area (Å²) in [5, 5.41) is 6.08. The summed E-state index contributed by atoms with van der Waals surface area (Å²) in [5.41, 5.74) is 0.920. The molecule has 0 atom stereocenters. The topological polar surface area (TPSA) is 70.2 Å². The van der Waals surface area contributed by atoms with Gasteiger partial charge in [-0.25, -0.2) is 4.98 Å². The van der Waals surface area contributed by atoms with Gasteiger partial charge in [-0.2, -0.15) is 4.98 Å². The molecule has 6 heteroatoms. The number of anilines is 2. The predicted octanol–water partition coefficient (Wildman–Crippen LogP) is 1.11. The molecule has 0 bridgehead atoms. The first-order chi connectivity index (χ1) is 8.58. The van der Waals surface area contributed by atoms with Crippen LogP contribution in [0.2, 0.25) is 0 Å². The standard InChI is InChI=1S/C12H21N5O/c1-5-13-12-15-7-9(3)11(16-12)14-8-10(18)17(4)6-2/h7H,5-6,8H2,1-4H3,(H2,13,14,15,16). The minimum atomic E-state index is 0.0421. The largest absolute Gasteiger partial charge is 0.361 e. The molecule has 0 unspecified atom stereocenters. The maximum absolute atomic E-state index is 11.7. The van der Waals surface area contributed by atoms with Crippen LogP contribution in [-0.2, 0) is 4.79 Å². The lowest BCUT2D eigenvalue weighted by molar-refractivity contribution is -0.127. The molecule has 1 rings (SSSR count). The van der Waals surface area contributed by atoms with E-state index in [1.165, 1.54) is 0 Å². The second kappa shape index (κ2) is 6.78. The molecule has 100 valence electrons. The number of carbonyl (C=O) groups is 1. The molecule has 2 N–H and O–H groups in total. The second-order valence-corrected chi connectivity index (χ2v) is 4.02. The van der Waals surface area contributed by atoms with Crippen LogP contribution in [0.5, 0.6) is 0 Å². The minimum Gasteiger partial charge on any atom is -0.361 e. The molecule has 1 amide bonds. The Kier molecular flexibility index (Phi) is 5.35. The first-order valence-electron chi connectivity index (χ1n) is 6.13. The molecule has 1 aromatic heterocycles. The van der Waals surface area contributed by atoms with Crippen LogP contribution in [0.25, 0.3) is 0 Å². The quantitative estimate of drug-likeness (QED) is 0.792. The van der Waals surface area contributed by atoms with Crippen LogP contribution in [0.3, 0.4) is 0 Å². The van der Waals surface area contributed by atoms with Gasteiger partial charge in [0.15, 0.2) is 0 Å². The van der Waals surface area contributed by atoms with E-state index in [4.69, 9.17) is 0 Å². The van der Waals surface area contributed by atoms with Crippen LogP contribution in [0.1, 0.15) is 19.4 Å². The smallest absolute Gasteiger partial charge is 0.241 e. The summed E-state index contributed by atoms with van der Waals surface area (Å²) in [5.74, 6) is 1.31. The molecule has 0 aliphatic heterocycles. The van der Waals surface area contributed by atoms with Crippen molar-refractivity contribution in [3.63, 3.8) is 0 Å². The highest BCUT2D eigenvalue weighted by molar-refractivity contribution is 5.80. The lowest BCUT2D eigenvalue weighted by Crippen LogP contribution is -2.32. The van der Waals surface area contributed by atoms with Crippen molar-refractivity contribution in [3.8, 4) is 0 Å². The molecule has 0 radical (unpaired) electrons. The number of hydrogen-bond donors (Lipinski definition) is 2. The summed E-state index contributed by atoms with van der Waals surface area (Å²) >= 11 is 0. The third kappa shape index (κ3) is 3.87. The number of likely N-dealkylation sites (N-methyl/N-ethyl adjacent to an activating group) is 1. The molecule has 1 aromatic rings. The lowest BCUT2D eigenvalue weighted by Gasteiger charge is -2.15. The third-order valence-electron chi connectivity index (χ3n) is 2.61. The molecule has 0 saturated heterocycles. The molecule has 0 aliphatic carbocycles.